The van der Waals surface area contributed by atoms with Gasteiger partial charge < -0.3 is 24.4 Å². The summed E-state index contributed by atoms with van der Waals surface area (Å²) < 4.78 is 7.65. The summed E-state index contributed by atoms with van der Waals surface area (Å²) in [5.41, 5.74) is 2.88. The number of aromatic nitrogens is 4. The first kappa shape index (κ1) is 27.1. The molecule has 1 unspecified atom stereocenters. The smallest absolute Gasteiger partial charge is 0.338 e. The maximum atomic E-state index is 13.2. The topological polar surface area (TPSA) is 105 Å². The summed E-state index contributed by atoms with van der Waals surface area (Å²) >= 11 is 0. The highest BCUT2D eigenvalue weighted by Gasteiger charge is 2.29. The molecule has 10 heteroatoms. The summed E-state index contributed by atoms with van der Waals surface area (Å²) in [6.45, 7) is 9.47. The lowest BCUT2D eigenvalue weighted by Gasteiger charge is -2.32. The summed E-state index contributed by atoms with van der Waals surface area (Å²) in [5.74, 6) is 1.36. The molecule has 39 heavy (non-hydrogen) atoms. The number of fused-ring (bicyclic) bond motifs is 3. The molecule has 0 spiro atoms. The van der Waals surface area contributed by atoms with E-state index in [0.717, 1.165) is 87.6 Å². The van der Waals surface area contributed by atoms with Crippen molar-refractivity contribution in [1.29, 1.82) is 0 Å². The van der Waals surface area contributed by atoms with Crippen molar-refractivity contribution in [2.45, 2.75) is 58.9 Å². The number of benzene rings is 1. The normalized spacial score (nSPS) is 17.6. The second-order valence-electron chi connectivity index (χ2n) is 10.4. The molecule has 1 fully saturated rings. The second kappa shape index (κ2) is 12.5. The number of imidazole rings is 1. The lowest BCUT2D eigenvalue weighted by atomic mass is 9.97. The van der Waals surface area contributed by atoms with Gasteiger partial charge in [0.05, 0.1) is 11.5 Å². The molecule has 208 valence electrons. The van der Waals surface area contributed by atoms with E-state index in [0.29, 0.717) is 24.4 Å². The molecule has 0 bridgehead atoms. The van der Waals surface area contributed by atoms with Gasteiger partial charge in [-0.25, -0.2) is 19.7 Å². The Kier molecular flexibility index (Phi) is 8.71. The third kappa shape index (κ3) is 6.21. The molecule has 0 aliphatic carbocycles. The number of carbonyl (C=O) groups excluding carboxylic acids is 2. The molecular formula is C29H39N7O3. The van der Waals surface area contributed by atoms with Crippen molar-refractivity contribution in [1.82, 2.24) is 24.4 Å². The Morgan fingerprint density at radius 1 is 1.05 bits per heavy atom. The number of piperidine rings is 1. The van der Waals surface area contributed by atoms with Gasteiger partial charge in [0.25, 0.3) is 0 Å². The Morgan fingerprint density at radius 2 is 1.87 bits per heavy atom. The molecular weight excluding hydrogens is 494 g/mol. The first-order valence-corrected chi connectivity index (χ1v) is 14.3. The molecule has 2 aliphatic rings. The predicted molar refractivity (Wildman–Crippen MR) is 151 cm³/mol. The number of hydrogen-bond acceptors (Lipinski definition) is 8. The minimum absolute atomic E-state index is 0.0276. The molecule has 1 atom stereocenters. The monoisotopic (exact) mass is 533 g/mol. The van der Waals surface area contributed by atoms with Gasteiger partial charge in [-0.2, -0.15) is 0 Å². The highest BCUT2D eigenvalue weighted by molar-refractivity contribution is 5.95. The summed E-state index contributed by atoms with van der Waals surface area (Å²) in [6.07, 6.45) is 7.81. The minimum Gasteiger partial charge on any atom is -0.461 e. The third-order valence-corrected chi connectivity index (χ3v) is 7.89. The second-order valence-corrected chi connectivity index (χ2v) is 10.4. The van der Waals surface area contributed by atoms with E-state index >= 15 is 0 Å². The van der Waals surface area contributed by atoms with Gasteiger partial charge in [-0.05, 0) is 63.0 Å². The number of esters is 1. The molecule has 4 heterocycles. The number of likely N-dealkylation sites (N-methyl/N-ethyl adjacent to an activating group) is 1. The van der Waals surface area contributed by atoms with Crippen LogP contribution in [-0.4, -0.2) is 75.6 Å². The van der Waals surface area contributed by atoms with Crippen molar-refractivity contribution < 1.29 is 14.3 Å². The van der Waals surface area contributed by atoms with Crippen LogP contribution in [-0.2, 0) is 22.5 Å². The number of rotatable bonds is 9. The van der Waals surface area contributed by atoms with Crippen LogP contribution in [0.5, 0.6) is 0 Å². The van der Waals surface area contributed by atoms with Crippen LogP contribution in [0.25, 0.3) is 11.2 Å². The zero-order valence-corrected chi connectivity index (χ0v) is 23.1. The first-order valence-electron chi connectivity index (χ1n) is 14.3. The van der Waals surface area contributed by atoms with E-state index in [1.54, 1.807) is 30.6 Å². The number of amides is 1. The van der Waals surface area contributed by atoms with E-state index in [9.17, 15) is 9.59 Å². The van der Waals surface area contributed by atoms with Gasteiger partial charge in [0, 0.05) is 38.3 Å². The van der Waals surface area contributed by atoms with Crippen molar-refractivity contribution in [3.05, 3.63) is 42.0 Å². The van der Waals surface area contributed by atoms with Gasteiger partial charge in [0.15, 0.2) is 17.0 Å². The van der Waals surface area contributed by atoms with E-state index in [-0.39, 0.29) is 17.8 Å². The van der Waals surface area contributed by atoms with Crippen LogP contribution in [0.1, 0.15) is 62.1 Å². The lowest BCUT2D eigenvalue weighted by Crippen LogP contribution is -2.41. The average molecular weight is 534 g/mol. The molecule has 1 aromatic carbocycles. The maximum Gasteiger partial charge on any atom is 0.338 e. The van der Waals surface area contributed by atoms with Gasteiger partial charge >= 0.3 is 5.97 Å². The van der Waals surface area contributed by atoms with Crippen molar-refractivity contribution in [3.8, 4) is 0 Å². The molecule has 2 aliphatic heterocycles. The number of carbonyl (C=O) groups is 2. The molecule has 0 saturated carbocycles. The highest BCUT2D eigenvalue weighted by Crippen LogP contribution is 2.30. The van der Waals surface area contributed by atoms with E-state index in [1.165, 1.54) is 6.42 Å². The lowest BCUT2D eigenvalue weighted by molar-refractivity contribution is -0.120. The van der Waals surface area contributed by atoms with Gasteiger partial charge in [0.2, 0.25) is 5.91 Å². The van der Waals surface area contributed by atoms with Gasteiger partial charge in [-0.3, -0.25) is 4.79 Å². The first-order chi connectivity index (χ1) is 19.1. The van der Waals surface area contributed by atoms with Crippen LogP contribution in [0.4, 0.5) is 11.5 Å². The average Bonchev–Trinajstić information content (AvgIpc) is 3.16. The molecule has 1 N–H and O–H groups in total. The summed E-state index contributed by atoms with van der Waals surface area (Å²) in [6, 6.07) is 6.91. The zero-order chi connectivity index (χ0) is 27.2. The number of nitrogens with zero attached hydrogens (tertiary/aromatic N) is 6. The SMILES string of the molecule is CCN(CC)CCOC(=O)c1ccc(NC(=O)C2CCCN(c3ncnc4c3nc3n4CCCCC3)C2)cc1. The molecule has 3 aromatic rings. The fourth-order valence-electron chi connectivity index (χ4n) is 5.56. The van der Waals surface area contributed by atoms with Crippen LogP contribution in [0, 0.1) is 5.92 Å². The number of hydrogen-bond donors (Lipinski definition) is 1. The molecule has 10 nitrogen and oxygen atoms in total. The summed E-state index contributed by atoms with van der Waals surface area (Å²) in [5, 5.41) is 3.03. The number of aryl methyl sites for hydroxylation is 2. The minimum atomic E-state index is -0.351. The van der Waals surface area contributed by atoms with E-state index in [2.05, 4.69) is 43.5 Å². The van der Waals surface area contributed by atoms with Crippen LogP contribution in [0.2, 0.25) is 0 Å². The van der Waals surface area contributed by atoms with Crippen LogP contribution < -0.4 is 10.2 Å². The van der Waals surface area contributed by atoms with Crippen LogP contribution >= 0.6 is 0 Å². The quantitative estimate of drug-likeness (QED) is 0.413. The Bertz CT molecular complexity index is 1290. The standard InChI is InChI=1S/C29H39N7O3/c1-3-34(4-2)17-18-39-29(38)21-11-13-23(14-12-21)32-28(37)22-9-8-15-35(19-22)26-25-27(31-20-30-26)36-16-7-5-6-10-24(36)33-25/h11-14,20,22H,3-10,15-19H2,1-2H3,(H,32,37). The summed E-state index contributed by atoms with van der Waals surface area (Å²) in [7, 11) is 0. The van der Waals surface area contributed by atoms with Gasteiger partial charge in [-0.15, -0.1) is 0 Å². The largest absolute Gasteiger partial charge is 0.461 e. The van der Waals surface area contributed by atoms with Crippen molar-refractivity contribution in [3.63, 3.8) is 0 Å². The van der Waals surface area contributed by atoms with Crippen molar-refractivity contribution in [2.75, 3.05) is 49.5 Å². The highest BCUT2D eigenvalue weighted by atomic mass is 16.5. The predicted octanol–water partition coefficient (Wildman–Crippen LogP) is 3.91. The molecule has 0 radical (unpaired) electrons. The Morgan fingerprint density at radius 3 is 2.67 bits per heavy atom. The maximum absolute atomic E-state index is 13.2. The zero-order valence-electron chi connectivity index (χ0n) is 23.1. The Hall–Kier alpha value is -3.53. The third-order valence-electron chi connectivity index (χ3n) is 7.89. The fourth-order valence-corrected chi connectivity index (χ4v) is 5.56. The van der Waals surface area contributed by atoms with Gasteiger partial charge in [0.1, 0.15) is 18.8 Å². The van der Waals surface area contributed by atoms with E-state index < -0.39 is 0 Å². The van der Waals surface area contributed by atoms with E-state index in [1.807, 2.05) is 0 Å². The number of nitrogens with one attached hydrogen (secondary N) is 1. The van der Waals surface area contributed by atoms with Crippen LogP contribution in [0.15, 0.2) is 30.6 Å². The van der Waals surface area contributed by atoms with Gasteiger partial charge in [-0.1, -0.05) is 20.3 Å². The Balaban J connectivity index is 1.20. The van der Waals surface area contributed by atoms with Crippen LogP contribution in [0.3, 0.4) is 0 Å². The molecule has 2 aromatic heterocycles. The van der Waals surface area contributed by atoms with Crippen molar-refractivity contribution >= 4 is 34.5 Å². The number of ether oxygens (including phenoxy) is 1. The van der Waals surface area contributed by atoms with Crippen molar-refractivity contribution in [2.24, 2.45) is 5.92 Å². The molecule has 5 rings (SSSR count). The van der Waals surface area contributed by atoms with E-state index in [4.69, 9.17) is 9.72 Å². The number of anilines is 2. The fraction of sp³-hybridized carbons (Fsp3) is 0.552. The summed E-state index contributed by atoms with van der Waals surface area (Å²) in [4.78, 5) is 44.1. The Labute approximate surface area is 229 Å². The molecule has 1 saturated heterocycles. The molecule has 1 amide bonds.